The molecule has 3 heteroatoms. The molecule has 1 N–H and O–H groups in total. The molecule has 2 nitrogen and oxygen atoms in total. The van der Waals surface area contributed by atoms with Crippen molar-refractivity contribution in [3.63, 3.8) is 0 Å². The molecule has 174 valence electrons. The van der Waals surface area contributed by atoms with Gasteiger partial charge in [-0.25, -0.2) is 4.98 Å². The Labute approximate surface area is 208 Å². The third-order valence-electron chi connectivity index (χ3n) is 8.32. The molecule has 5 aromatic rings. The molecular weight excluding hydrogens is 423 g/mol. The van der Waals surface area contributed by atoms with Crippen LogP contribution in [-0.4, -0.2) is 11.3 Å². The van der Waals surface area contributed by atoms with Crippen LogP contribution in [0, 0.1) is 41.5 Å². The van der Waals surface area contributed by atoms with Gasteiger partial charge in [0, 0.05) is 0 Å². The minimum Gasteiger partial charge on any atom is -0.413 e. The lowest BCUT2D eigenvalue weighted by molar-refractivity contribution is -0.501. The van der Waals surface area contributed by atoms with Gasteiger partial charge in [0.25, 0.3) is 6.28 Å². The van der Waals surface area contributed by atoms with Crippen LogP contribution in [0.4, 0.5) is 0 Å². The van der Waals surface area contributed by atoms with Crippen LogP contribution in [0.25, 0.3) is 22.4 Å². The van der Waals surface area contributed by atoms with Gasteiger partial charge in [0.15, 0.2) is 5.52 Å². The van der Waals surface area contributed by atoms with E-state index in [-0.39, 0.29) is 0 Å². The highest BCUT2D eigenvalue weighted by Crippen LogP contribution is 2.33. The monoisotopic (exact) mass is 456 g/mol. The average Bonchev–Trinajstić information content (AvgIpc) is 3.18. The van der Waals surface area contributed by atoms with Crippen molar-refractivity contribution >= 4 is 28.2 Å². The van der Waals surface area contributed by atoms with Crippen molar-refractivity contribution in [2.75, 3.05) is 0 Å². The van der Waals surface area contributed by atoms with Crippen molar-refractivity contribution in [1.82, 2.24) is 4.98 Å². The summed E-state index contributed by atoms with van der Waals surface area (Å²) in [4.78, 5) is 3.85. The van der Waals surface area contributed by atoms with E-state index < -0.39 is 6.28 Å². The molecule has 2 heterocycles. The van der Waals surface area contributed by atoms with Crippen LogP contribution in [0.2, 0.25) is 0 Å². The molecule has 0 bridgehead atoms. The number of para-hydroxylation sites is 2. The molecule has 0 spiro atoms. The molecule has 0 amide bonds. The van der Waals surface area contributed by atoms with Crippen LogP contribution >= 0.6 is 0 Å². The molecule has 0 unspecified atom stereocenters. The lowest BCUT2D eigenvalue weighted by Gasteiger charge is -2.46. The van der Waals surface area contributed by atoms with Crippen molar-refractivity contribution in [3.8, 4) is 11.4 Å². The summed E-state index contributed by atoms with van der Waals surface area (Å²) in [6.07, 6.45) is -0.376. The number of hydrogen-bond acceptors (Lipinski definition) is 0. The maximum absolute atomic E-state index is 3.85. The first-order chi connectivity index (χ1) is 16.8. The van der Waals surface area contributed by atoms with Crippen molar-refractivity contribution in [1.29, 1.82) is 0 Å². The van der Waals surface area contributed by atoms with Gasteiger partial charge in [0.1, 0.15) is 5.52 Å². The number of rotatable bonds is 2. The van der Waals surface area contributed by atoms with Crippen LogP contribution < -0.4 is 15.4 Å². The smallest absolute Gasteiger partial charge is 0.250 e. The minimum atomic E-state index is -1.35. The first kappa shape index (κ1) is 21.9. The molecule has 1 aliphatic rings. The van der Waals surface area contributed by atoms with Gasteiger partial charge in [-0.2, -0.15) is 10.9 Å². The summed E-state index contributed by atoms with van der Waals surface area (Å²) in [7, 11) is 0. The van der Waals surface area contributed by atoms with Crippen LogP contribution in [0.5, 0.6) is 0 Å². The van der Waals surface area contributed by atoms with E-state index in [9.17, 15) is 0 Å². The summed E-state index contributed by atoms with van der Waals surface area (Å²) in [6.45, 7) is 13.7. The van der Waals surface area contributed by atoms with E-state index in [2.05, 4.69) is 124 Å². The van der Waals surface area contributed by atoms with Gasteiger partial charge in [-0.3, -0.25) is 0 Å². The Morgan fingerprint density at radius 3 is 1.77 bits per heavy atom. The number of aromatic amines is 1. The standard InChI is InChI=1S/C32H33BN2/c1-20-15-22(3)30(23(4)16-20)33(31-24(5)17-21(2)18-25(31)6)19-26-11-7-8-12-27(26)32-34-28-13-9-10-14-29(28)35(32)33/h7-18,34H,19H2,1-6H3. The zero-order valence-corrected chi connectivity index (χ0v) is 21.7. The maximum atomic E-state index is 3.85. The van der Waals surface area contributed by atoms with Crippen molar-refractivity contribution in [2.45, 2.75) is 47.9 Å². The van der Waals surface area contributed by atoms with Gasteiger partial charge in [0.2, 0.25) is 5.82 Å². The second kappa shape index (κ2) is 7.71. The van der Waals surface area contributed by atoms with Gasteiger partial charge in [-0.15, -0.1) is 6.32 Å². The minimum absolute atomic E-state index is 0.977. The summed E-state index contributed by atoms with van der Waals surface area (Å²) in [5, 5.41) is 0. The first-order valence-electron chi connectivity index (χ1n) is 12.8. The van der Waals surface area contributed by atoms with Crippen molar-refractivity contribution < 1.29 is 4.48 Å². The normalized spacial score (nSPS) is 14.1. The average molecular weight is 456 g/mol. The largest absolute Gasteiger partial charge is 0.413 e. The van der Waals surface area contributed by atoms with Crippen LogP contribution in [-0.2, 0) is 6.32 Å². The Kier molecular flexibility index (Phi) is 4.83. The fourth-order valence-electron chi connectivity index (χ4n) is 7.59. The van der Waals surface area contributed by atoms with E-state index in [1.807, 2.05) is 0 Å². The second-order valence-electron chi connectivity index (χ2n) is 10.8. The zero-order chi connectivity index (χ0) is 24.5. The fraction of sp³-hybridized carbons (Fsp3) is 0.219. The van der Waals surface area contributed by atoms with Gasteiger partial charge < -0.3 is 4.48 Å². The fourth-order valence-corrected chi connectivity index (χ4v) is 7.59. The lowest BCUT2D eigenvalue weighted by Crippen LogP contribution is -2.83. The van der Waals surface area contributed by atoms with Crippen molar-refractivity contribution in [3.05, 3.63) is 112 Å². The summed E-state index contributed by atoms with van der Waals surface area (Å²) in [5.41, 5.74) is 16.3. The predicted molar refractivity (Wildman–Crippen MR) is 149 cm³/mol. The van der Waals surface area contributed by atoms with E-state index in [1.165, 1.54) is 72.3 Å². The number of hydrogen-bond donors (Lipinski definition) is 1. The highest BCUT2D eigenvalue weighted by Gasteiger charge is 2.46. The van der Waals surface area contributed by atoms with Gasteiger partial charge in [-0.05, 0) is 59.7 Å². The lowest BCUT2D eigenvalue weighted by atomic mass is 9.22. The van der Waals surface area contributed by atoms with E-state index in [0.29, 0.717) is 0 Å². The van der Waals surface area contributed by atoms with Gasteiger partial charge in [0.05, 0.1) is 5.56 Å². The van der Waals surface area contributed by atoms with Crippen molar-refractivity contribution in [2.24, 2.45) is 0 Å². The van der Waals surface area contributed by atoms with Crippen LogP contribution in [0.15, 0.2) is 72.8 Å². The highest BCUT2D eigenvalue weighted by molar-refractivity contribution is 6.97. The number of aromatic nitrogens is 2. The van der Waals surface area contributed by atoms with E-state index in [1.54, 1.807) is 0 Å². The highest BCUT2D eigenvalue weighted by atomic mass is 15.1. The van der Waals surface area contributed by atoms with Gasteiger partial charge >= 0.3 is 0 Å². The number of H-pyrrole nitrogens is 1. The SMILES string of the molecule is Cc1cc(C)c([B-]2(c3c(C)cc(C)cc3C)Cc3ccccc3-c3[nH]c4ccccc4[n+]32)c(C)c1. The maximum Gasteiger partial charge on any atom is 0.250 e. The molecule has 0 saturated carbocycles. The van der Waals surface area contributed by atoms with Gasteiger partial charge in [-0.1, -0.05) is 93.5 Å². The topological polar surface area (TPSA) is 19.7 Å². The molecule has 0 saturated heterocycles. The number of imidazole rings is 1. The van der Waals surface area contributed by atoms with E-state index in [4.69, 9.17) is 0 Å². The third-order valence-corrected chi connectivity index (χ3v) is 8.32. The second-order valence-corrected chi connectivity index (χ2v) is 10.8. The molecule has 0 fully saturated rings. The zero-order valence-electron chi connectivity index (χ0n) is 21.7. The number of aryl methyl sites for hydroxylation is 6. The Hall–Kier alpha value is -3.59. The number of fused-ring (bicyclic) bond motifs is 5. The summed E-state index contributed by atoms with van der Waals surface area (Å²) in [6, 6.07) is 27.3. The number of benzene rings is 4. The third kappa shape index (κ3) is 3.07. The summed E-state index contributed by atoms with van der Waals surface area (Å²) in [5.74, 6) is 1.21. The Morgan fingerprint density at radius 1 is 0.657 bits per heavy atom. The summed E-state index contributed by atoms with van der Waals surface area (Å²) >= 11 is 0. The van der Waals surface area contributed by atoms with Crippen LogP contribution in [0.1, 0.15) is 38.9 Å². The first-order valence-corrected chi connectivity index (χ1v) is 12.8. The van der Waals surface area contributed by atoms with Crippen LogP contribution in [0.3, 0.4) is 0 Å². The molecule has 35 heavy (non-hydrogen) atoms. The molecular formula is C32H33BN2. The molecule has 1 aromatic heterocycles. The molecule has 4 aromatic carbocycles. The predicted octanol–water partition coefficient (Wildman–Crippen LogP) is 5.68. The Balaban J connectivity index is 1.88. The molecule has 6 rings (SSSR count). The molecule has 0 atom stereocenters. The molecule has 1 aliphatic heterocycles. The van der Waals surface area contributed by atoms with E-state index >= 15 is 0 Å². The number of nitrogens with one attached hydrogen (secondary N) is 1. The summed E-state index contributed by atoms with van der Waals surface area (Å²) < 4.78 is 2.69. The molecule has 0 aliphatic carbocycles. The Morgan fingerprint density at radius 2 is 1.17 bits per heavy atom. The Bertz CT molecular complexity index is 1540. The quantitative estimate of drug-likeness (QED) is 0.330. The van der Waals surface area contributed by atoms with E-state index in [0.717, 1.165) is 6.32 Å². The number of nitrogens with zero attached hydrogens (tertiary/aromatic N) is 1. The molecule has 0 radical (unpaired) electrons.